The number of rotatable bonds is 4. The second-order valence-electron chi connectivity index (χ2n) is 6.49. The number of aliphatic hydroxyl groups excluding tert-OH is 1. The fourth-order valence-corrected chi connectivity index (χ4v) is 5.02. The molecule has 0 aromatic carbocycles. The lowest BCUT2D eigenvalue weighted by Gasteiger charge is -2.20. The van der Waals surface area contributed by atoms with Crippen molar-refractivity contribution in [1.29, 1.82) is 0 Å². The third kappa shape index (κ3) is 1.21. The van der Waals surface area contributed by atoms with Crippen molar-refractivity contribution in [2.24, 2.45) is 29.1 Å². The van der Waals surface area contributed by atoms with E-state index < -0.39 is 0 Å². The van der Waals surface area contributed by atoms with Gasteiger partial charge in [0.15, 0.2) is 0 Å². The first kappa shape index (κ1) is 10.8. The van der Waals surface area contributed by atoms with Crippen molar-refractivity contribution >= 4 is 0 Å². The van der Waals surface area contributed by atoms with Crippen LogP contribution in [0.4, 0.5) is 0 Å². The first-order chi connectivity index (χ1) is 7.59. The molecule has 1 heteroatoms. The molecule has 4 atom stereocenters. The average molecular weight is 220 g/mol. The highest BCUT2D eigenvalue weighted by atomic mass is 16.3. The molecule has 0 aliphatic heterocycles. The first-order valence-corrected chi connectivity index (χ1v) is 6.96. The van der Waals surface area contributed by atoms with Crippen LogP contribution >= 0.6 is 0 Å². The van der Waals surface area contributed by atoms with Gasteiger partial charge in [-0.3, -0.25) is 0 Å². The van der Waals surface area contributed by atoms with E-state index in [1.165, 1.54) is 24.8 Å². The lowest BCUT2D eigenvalue weighted by molar-refractivity contribution is 0.204. The minimum atomic E-state index is -0.215. The third-order valence-electron chi connectivity index (χ3n) is 5.85. The van der Waals surface area contributed by atoms with Crippen LogP contribution in [0.2, 0.25) is 0 Å². The van der Waals surface area contributed by atoms with Gasteiger partial charge in [0.2, 0.25) is 0 Å². The molecule has 1 N–H and O–H groups in total. The van der Waals surface area contributed by atoms with E-state index >= 15 is 0 Å². The van der Waals surface area contributed by atoms with E-state index in [0.717, 1.165) is 24.2 Å². The Bertz CT molecular complexity index is 318. The lowest BCUT2D eigenvalue weighted by Crippen LogP contribution is -2.14. The van der Waals surface area contributed by atoms with Crippen LogP contribution in [-0.4, -0.2) is 11.2 Å². The summed E-state index contributed by atoms with van der Waals surface area (Å²) in [7, 11) is 0. The summed E-state index contributed by atoms with van der Waals surface area (Å²) in [4.78, 5) is 0. The molecule has 0 aromatic rings. The van der Waals surface area contributed by atoms with Gasteiger partial charge in [-0.2, -0.15) is 0 Å². The van der Waals surface area contributed by atoms with Gasteiger partial charge in [-0.15, -0.1) is 0 Å². The largest absolute Gasteiger partial charge is 0.389 e. The molecule has 4 bridgehead atoms. The van der Waals surface area contributed by atoms with Crippen LogP contribution in [0.1, 0.15) is 46.5 Å². The summed E-state index contributed by atoms with van der Waals surface area (Å²) in [5.41, 5.74) is 1.87. The highest BCUT2D eigenvalue weighted by molar-refractivity contribution is 5.27. The Balaban J connectivity index is 1.73. The minimum Gasteiger partial charge on any atom is -0.389 e. The van der Waals surface area contributed by atoms with Gasteiger partial charge in [-0.25, -0.2) is 0 Å². The molecule has 0 heterocycles. The molecular weight excluding hydrogens is 196 g/mol. The molecule has 4 saturated carbocycles. The molecule has 0 aromatic heterocycles. The maximum atomic E-state index is 9.82. The van der Waals surface area contributed by atoms with Crippen molar-refractivity contribution in [2.75, 3.05) is 0 Å². The van der Waals surface area contributed by atoms with Gasteiger partial charge in [-0.05, 0) is 67.3 Å². The van der Waals surface area contributed by atoms with E-state index in [2.05, 4.69) is 26.8 Å². The zero-order valence-corrected chi connectivity index (χ0v) is 10.7. The van der Waals surface area contributed by atoms with E-state index in [1.54, 1.807) is 0 Å². The van der Waals surface area contributed by atoms with Crippen molar-refractivity contribution in [3.8, 4) is 0 Å². The van der Waals surface area contributed by atoms with E-state index in [1.807, 2.05) is 0 Å². The summed E-state index contributed by atoms with van der Waals surface area (Å²) in [5, 5.41) is 9.82. The van der Waals surface area contributed by atoms with Gasteiger partial charge in [0.1, 0.15) is 0 Å². The fraction of sp³-hybridized carbons (Fsp3) is 0.867. The molecule has 4 aliphatic carbocycles. The Kier molecular flexibility index (Phi) is 2.27. The molecule has 0 radical (unpaired) electrons. The summed E-state index contributed by atoms with van der Waals surface area (Å²) in [6.45, 7) is 6.53. The average Bonchev–Trinajstić information content (AvgIpc) is 2.77. The van der Waals surface area contributed by atoms with E-state index in [0.29, 0.717) is 11.3 Å². The maximum absolute atomic E-state index is 9.82. The van der Waals surface area contributed by atoms with Gasteiger partial charge >= 0.3 is 0 Å². The summed E-state index contributed by atoms with van der Waals surface area (Å²) < 4.78 is 0. The lowest BCUT2D eigenvalue weighted by atomic mass is 9.86. The molecule has 4 aliphatic rings. The van der Waals surface area contributed by atoms with Crippen LogP contribution < -0.4 is 0 Å². The van der Waals surface area contributed by atoms with Gasteiger partial charge in [0.25, 0.3) is 0 Å². The zero-order valence-electron chi connectivity index (χ0n) is 10.7. The fourth-order valence-electron chi connectivity index (χ4n) is 5.02. The van der Waals surface area contributed by atoms with Crippen LogP contribution in [0.3, 0.4) is 0 Å². The smallest absolute Gasteiger partial charge is 0.0744 e. The molecule has 0 spiro atoms. The number of aliphatic hydroxyl groups is 1. The van der Waals surface area contributed by atoms with Gasteiger partial charge in [-0.1, -0.05) is 19.9 Å². The van der Waals surface area contributed by atoms with Crippen LogP contribution in [-0.2, 0) is 0 Å². The Morgan fingerprint density at radius 2 is 2.06 bits per heavy atom. The molecule has 90 valence electrons. The zero-order chi connectivity index (χ0) is 11.5. The molecule has 4 unspecified atom stereocenters. The Morgan fingerprint density at radius 3 is 2.50 bits per heavy atom. The summed E-state index contributed by atoms with van der Waals surface area (Å²) in [6.07, 6.45) is 7.51. The summed E-state index contributed by atoms with van der Waals surface area (Å²) >= 11 is 0. The maximum Gasteiger partial charge on any atom is 0.0744 e. The second kappa shape index (κ2) is 3.35. The molecule has 4 fully saturated rings. The van der Waals surface area contributed by atoms with Gasteiger partial charge in [0, 0.05) is 0 Å². The molecule has 1 nitrogen and oxygen atoms in total. The number of hydrogen-bond donors (Lipinski definition) is 1. The van der Waals surface area contributed by atoms with Crippen molar-refractivity contribution in [2.45, 2.75) is 52.6 Å². The molecular formula is C15H24O. The predicted octanol–water partition coefficient (Wildman–Crippen LogP) is 3.39. The van der Waals surface area contributed by atoms with Crippen molar-refractivity contribution in [3.05, 3.63) is 11.6 Å². The standard InChI is InChI=1S/C15H24O/c1-4-14(16)9(2)5-10(3)15-8-11-6-12(15)13(15)7-11/h5,10-14,16H,4,6-8H2,1-3H3/b9-5+. The van der Waals surface area contributed by atoms with Gasteiger partial charge in [0.05, 0.1) is 6.10 Å². The van der Waals surface area contributed by atoms with Crippen LogP contribution in [0, 0.1) is 29.1 Å². The van der Waals surface area contributed by atoms with Crippen molar-refractivity contribution in [3.63, 3.8) is 0 Å². The van der Waals surface area contributed by atoms with Crippen LogP contribution in [0.5, 0.6) is 0 Å². The van der Waals surface area contributed by atoms with Gasteiger partial charge < -0.3 is 5.11 Å². The Hall–Kier alpha value is -0.300. The third-order valence-corrected chi connectivity index (χ3v) is 5.85. The van der Waals surface area contributed by atoms with Crippen molar-refractivity contribution < 1.29 is 5.11 Å². The quantitative estimate of drug-likeness (QED) is 0.720. The minimum absolute atomic E-state index is 0.215. The Labute approximate surface area is 98.9 Å². The van der Waals surface area contributed by atoms with Crippen LogP contribution in [0.15, 0.2) is 11.6 Å². The molecule has 4 rings (SSSR count). The van der Waals surface area contributed by atoms with Crippen molar-refractivity contribution in [1.82, 2.24) is 0 Å². The van der Waals surface area contributed by atoms with Crippen LogP contribution in [0.25, 0.3) is 0 Å². The molecule has 16 heavy (non-hydrogen) atoms. The second-order valence-corrected chi connectivity index (χ2v) is 6.49. The highest BCUT2D eigenvalue weighted by Gasteiger charge is 2.75. The predicted molar refractivity (Wildman–Crippen MR) is 66.0 cm³/mol. The molecule has 0 amide bonds. The monoisotopic (exact) mass is 220 g/mol. The first-order valence-electron chi connectivity index (χ1n) is 6.96. The normalized spacial score (nSPS) is 48.2. The number of allylic oxidation sites excluding steroid dienone is 1. The summed E-state index contributed by atoms with van der Waals surface area (Å²) in [6, 6.07) is 0. The van der Waals surface area contributed by atoms with E-state index in [9.17, 15) is 5.11 Å². The topological polar surface area (TPSA) is 20.2 Å². The SMILES string of the molecule is CCC(O)/C(C)=C/C(C)C12CC3CC1C2C3. The number of hydrogen-bond acceptors (Lipinski definition) is 1. The Morgan fingerprint density at radius 1 is 1.44 bits per heavy atom. The van der Waals surface area contributed by atoms with E-state index in [4.69, 9.17) is 0 Å². The van der Waals surface area contributed by atoms with E-state index in [-0.39, 0.29) is 6.10 Å². The molecule has 0 saturated heterocycles. The summed E-state index contributed by atoms with van der Waals surface area (Å²) in [5.74, 6) is 3.85. The highest BCUT2D eigenvalue weighted by Crippen LogP contribution is 2.81.